The zero-order valence-electron chi connectivity index (χ0n) is 8.61. The van der Waals surface area contributed by atoms with Crippen molar-refractivity contribution in [2.75, 3.05) is 5.73 Å². The zero-order valence-corrected chi connectivity index (χ0v) is 11.0. The smallest absolute Gasteiger partial charge is 0.145 e. The van der Waals surface area contributed by atoms with E-state index < -0.39 is 0 Å². The Morgan fingerprint density at radius 3 is 2.53 bits per heavy atom. The van der Waals surface area contributed by atoms with E-state index in [-0.39, 0.29) is 0 Å². The first kappa shape index (κ1) is 11.9. The third kappa shape index (κ3) is 2.26. The van der Waals surface area contributed by atoms with Crippen LogP contribution < -0.4 is 5.73 Å². The highest BCUT2D eigenvalue weighted by atomic mass is 79.9. The molecule has 0 bridgehead atoms. The van der Waals surface area contributed by atoms with Gasteiger partial charge >= 0.3 is 0 Å². The van der Waals surface area contributed by atoms with Crippen molar-refractivity contribution in [2.24, 2.45) is 0 Å². The second-order valence-electron chi connectivity index (χ2n) is 3.38. The number of hydrogen-bond acceptors (Lipinski definition) is 3. The number of hydrogen-bond donors (Lipinski definition) is 1. The molecule has 17 heavy (non-hydrogen) atoms. The quantitative estimate of drug-likeness (QED) is 0.818. The van der Waals surface area contributed by atoms with E-state index in [2.05, 4.69) is 27.0 Å². The maximum absolute atomic E-state index is 8.72. The van der Waals surface area contributed by atoms with E-state index in [4.69, 9.17) is 22.6 Å². The summed E-state index contributed by atoms with van der Waals surface area (Å²) in [7, 11) is 0. The molecule has 1 heterocycles. The van der Waals surface area contributed by atoms with Crippen LogP contribution in [0.15, 0.2) is 34.9 Å². The first-order chi connectivity index (χ1) is 8.13. The third-order valence-electron chi connectivity index (χ3n) is 2.34. The standard InChI is InChI=1S/C12H7BrClN3/c13-10-11(16)9(6-17-12(10)14)8-3-1-7(5-15)2-4-8/h1-4,6H,(H2,16,17). The van der Waals surface area contributed by atoms with Crippen molar-refractivity contribution in [3.63, 3.8) is 0 Å². The molecule has 0 aliphatic heterocycles. The molecule has 3 nitrogen and oxygen atoms in total. The van der Waals surface area contributed by atoms with Gasteiger partial charge in [-0.3, -0.25) is 0 Å². The molecular weight excluding hydrogens is 302 g/mol. The average Bonchev–Trinajstić information content (AvgIpc) is 2.36. The maximum atomic E-state index is 8.72. The van der Waals surface area contributed by atoms with Gasteiger partial charge in [-0.05, 0) is 33.6 Å². The van der Waals surface area contributed by atoms with Crippen molar-refractivity contribution in [3.8, 4) is 17.2 Å². The van der Waals surface area contributed by atoms with Crippen molar-refractivity contribution in [3.05, 3.63) is 45.7 Å². The molecule has 0 aliphatic rings. The van der Waals surface area contributed by atoms with Gasteiger partial charge in [-0.2, -0.15) is 5.26 Å². The van der Waals surface area contributed by atoms with Crippen molar-refractivity contribution in [1.82, 2.24) is 4.98 Å². The molecule has 0 unspecified atom stereocenters. The number of nitrogens with two attached hydrogens (primary N) is 1. The summed E-state index contributed by atoms with van der Waals surface area (Å²) in [6.45, 7) is 0. The van der Waals surface area contributed by atoms with Crippen LogP contribution in [0.4, 0.5) is 5.69 Å². The van der Waals surface area contributed by atoms with Gasteiger partial charge < -0.3 is 5.73 Å². The minimum atomic E-state index is 0.333. The average molecular weight is 309 g/mol. The van der Waals surface area contributed by atoms with E-state index in [1.54, 1.807) is 18.3 Å². The molecule has 0 fully saturated rings. The van der Waals surface area contributed by atoms with Crippen LogP contribution in [0.2, 0.25) is 5.15 Å². The Hall–Kier alpha value is -1.57. The number of halogens is 2. The molecule has 0 radical (unpaired) electrons. The van der Waals surface area contributed by atoms with E-state index in [9.17, 15) is 0 Å². The summed E-state index contributed by atoms with van der Waals surface area (Å²) in [5.74, 6) is 0. The van der Waals surface area contributed by atoms with E-state index >= 15 is 0 Å². The molecule has 1 aromatic heterocycles. The summed E-state index contributed by atoms with van der Waals surface area (Å²) in [6.07, 6.45) is 1.61. The molecule has 0 saturated heterocycles. The second-order valence-corrected chi connectivity index (χ2v) is 4.53. The van der Waals surface area contributed by atoms with Gasteiger partial charge in [0.2, 0.25) is 0 Å². The zero-order chi connectivity index (χ0) is 12.4. The summed E-state index contributed by atoms with van der Waals surface area (Å²) < 4.78 is 0.584. The first-order valence-corrected chi connectivity index (χ1v) is 5.90. The fourth-order valence-corrected chi connectivity index (χ4v) is 1.90. The van der Waals surface area contributed by atoms with Gasteiger partial charge in [-0.1, -0.05) is 23.7 Å². The molecule has 2 aromatic rings. The summed E-state index contributed by atoms with van der Waals surface area (Å²) in [4.78, 5) is 4.03. The van der Waals surface area contributed by atoms with Crippen LogP contribution in [0.25, 0.3) is 11.1 Å². The van der Waals surface area contributed by atoms with Gasteiger partial charge in [0, 0.05) is 11.8 Å². The van der Waals surface area contributed by atoms with Gasteiger partial charge in [0.05, 0.1) is 21.8 Å². The van der Waals surface area contributed by atoms with E-state index in [1.807, 2.05) is 12.1 Å². The molecule has 0 spiro atoms. The van der Waals surface area contributed by atoms with Gasteiger partial charge in [0.15, 0.2) is 0 Å². The van der Waals surface area contributed by atoms with Crippen molar-refractivity contribution in [1.29, 1.82) is 5.26 Å². The number of benzene rings is 1. The van der Waals surface area contributed by atoms with Crippen molar-refractivity contribution < 1.29 is 0 Å². The van der Waals surface area contributed by atoms with Crippen LogP contribution in [-0.2, 0) is 0 Å². The minimum Gasteiger partial charge on any atom is -0.397 e. The van der Waals surface area contributed by atoms with Gasteiger partial charge in [0.1, 0.15) is 5.15 Å². The summed E-state index contributed by atoms with van der Waals surface area (Å²) in [5, 5.41) is 9.06. The molecule has 0 saturated carbocycles. The second kappa shape index (κ2) is 4.74. The van der Waals surface area contributed by atoms with Crippen LogP contribution in [0, 0.1) is 11.3 Å². The molecule has 0 aliphatic carbocycles. The molecule has 5 heteroatoms. The lowest BCUT2D eigenvalue weighted by atomic mass is 10.0. The van der Waals surface area contributed by atoms with Crippen LogP contribution in [0.5, 0.6) is 0 Å². The van der Waals surface area contributed by atoms with Crippen LogP contribution in [0.1, 0.15) is 5.56 Å². The molecule has 2 rings (SSSR count). The Balaban J connectivity index is 2.54. The normalized spacial score (nSPS) is 9.94. The van der Waals surface area contributed by atoms with Gasteiger partial charge in [0.25, 0.3) is 0 Å². The summed E-state index contributed by atoms with van der Waals surface area (Å²) in [6, 6.07) is 9.18. The molecule has 0 atom stereocenters. The molecule has 0 amide bonds. The number of pyridine rings is 1. The van der Waals surface area contributed by atoms with Crippen molar-refractivity contribution >= 4 is 33.2 Å². The number of anilines is 1. The fraction of sp³-hybridized carbons (Fsp3) is 0. The number of aromatic nitrogens is 1. The third-order valence-corrected chi connectivity index (χ3v) is 3.66. The highest BCUT2D eigenvalue weighted by molar-refractivity contribution is 9.10. The largest absolute Gasteiger partial charge is 0.397 e. The van der Waals surface area contributed by atoms with E-state index in [0.29, 0.717) is 20.9 Å². The number of nitriles is 1. The summed E-state index contributed by atoms with van der Waals surface area (Å²) >= 11 is 9.12. The lowest BCUT2D eigenvalue weighted by molar-refractivity contribution is 1.31. The predicted molar refractivity (Wildman–Crippen MR) is 71.5 cm³/mol. The molecule has 2 N–H and O–H groups in total. The lowest BCUT2D eigenvalue weighted by Gasteiger charge is -2.08. The highest BCUT2D eigenvalue weighted by Crippen LogP contribution is 2.34. The van der Waals surface area contributed by atoms with Crippen LogP contribution >= 0.6 is 27.5 Å². The van der Waals surface area contributed by atoms with E-state index in [0.717, 1.165) is 11.1 Å². The minimum absolute atomic E-state index is 0.333. The van der Waals surface area contributed by atoms with Gasteiger partial charge in [-0.25, -0.2) is 4.98 Å². The van der Waals surface area contributed by atoms with Crippen molar-refractivity contribution in [2.45, 2.75) is 0 Å². The number of nitrogens with zero attached hydrogens (tertiary/aromatic N) is 2. The monoisotopic (exact) mass is 307 g/mol. The molecule has 84 valence electrons. The van der Waals surface area contributed by atoms with Crippen LogP contribution in [-0.4, -0.2) is 4.98 Å². The number of rotatable bonds is 1. The Morgan fingerprint density at radius 1 is 1.29 bits per heavy atom. The van der Waals surface area contributed by atoms with Gasteiger partial charge in [-0.15, -0.1) is 0 Å². The highest BCUT2D eigenvalue weighted by Gasteiger charge is 2.10. The predicted octanol–water partition coefficient (Wildman–Crippen LogP) is 3.62. The Kier molecular flexibility index (Phi) is 3.32. The lowest BCUT2D eigenvalue weighted by Crippen LogP contribution is -1.94. The fourth-order valence-electron chi connectivity index (χ4n) is 1.43. The topological polar surface area (TPSA) is 62.7 Å². The van der Waals surface area contributed by atoms with E-state index in [1.165, 1.54) is 0 Å². The first-order valence-electron chi connectivity index (χ1n) is 4.73. The summed E-state index contributed by atoms with van der Waals surface area (Å²) in [5.41, 5.74) is 8.77. The Bertz CT molecular complexity index is 602. The Labute approximate surface area is 112 Å². The molecular formula is C12H7BrClN3. The number of nitrogen functional groups attached to an aromatic ring is 1. The maximum Gasteiger partial charge on any atom is 0.145 e. The molecule has 1 aromatic carbocycles. The van der Waals surface area contributed by atoms with Crippen LogP contribution in [0.3, 0.4) is 0 Å². The Morgan fingerprint density at radius 2 is 1.94 bits per heavy atom. The SMILES string of the molecule is N#Cc1ccc(-c2cnc(Cl)c(Br)c2N)cc1.